The average molecular weight is 986 g/mol. The molecule has 6 rings (SSSR count). The molecule has 17 heteroatoms. The van der Waals surface area contributed by atoms with Crippen LogP contribution in [0.1, 0.15) is 41.4 Å². The standard InChI is InChI=1S/C44H30Cl8O9/c1-57-43(58-2)31(19-17-21(39(53)33-23(45)9-5-10-24(33)46)37(43)41(55)35-27(49)13-7-14-28(35)50)61-32-20-18-22(40(54)34-25(47)11-6-12-26(34)48)38(44(32,59-3)60-4)42(56)36-29(51)15-8-16-30(36)52/h5-20,31-32H,1-4H3. The van der Waals surface area contributed by atoms with Gasteiger partial charge in [0.05, 0.1) is 73.6 Å². The summed E-state index contributed by atoms with van der Waals surface area (Å²) in [5, 5.41) is -0.281. The Bertz CT molecular complexity index is 2350. The Morgan fingerprint density at radius 1 is 0.410 bits per heavy atom. The summed E-state index contributed by atoms with van der Waals surface area (Å²) in [5.74, 6) is -7.97. The van der Waals surface area contributed by atoms with Crippen molar-refractivity contribution in [2.45, 2.75) is 23.8 Å². The first-order chi connectivity index (χ1) is 29.0. The molecule has 0 saturated heterocycles. The minimum atomic E-state index is -2.31. The van der Waals surface area contributed by atoms with Crippen LogP contribution < -0.4 is 0 Å². The van der Waals surface area contributed by atoms with Gasteiger partial charge in [-0.05, 0) is 60.7 Å². The van der Waals surface area contributed by atoms with Crippen molar-refractivity contribution in [1.82, 2.24) is 0 Å². The Hall–Kier alpha value is -3.36. The number of benzene rings is 4. The van der Waals surface area contributed by atoms with Crippen LogP contribution in [0.25, 0.3) is 0 Å². The first kappa shape index (κ1) is 47.1. The highest BCUT2D eigenvalue weighted by molar-refractivity contribution is 6.45. The number of rotatable bonds is 14. The summed E-state index contributed by atoms with van der Waals surface area (Å²) in [4.78, 5) is 58.9. The third-order valence-corrected chi connectivity index (χ3v) is 12.6. The van der Waals surface area contributed by atoms with Crippen LogP contribution in [-0.4, -0.2) is 75.4 Å². The van der Waals surface area contributed by atoms with Crippen LogP contribution in [0, 0.1) is 0 Å². The molecule has 0 spiro atoms. The predicted octanol–water partition coefficient (Wildman–Crippen LogP) is 12.2. The number of hydrogen-bond acceptors (Lipinski definition) is 9. The van der Waals surface area contributed by atoms with Gasteiger partial charge in [0.25, 0.3) is 0 Å². The van der Waals surface area contributed by atoms with Gasteiger partial charge in [0.15, 0.2) is 23.1 Å². The number of carbonyl (C=O) groups is 4. The Morgan fingerprint density at radius 3 is 0.869 bits per heavy atom. The van der Waals surface area contributed by atoms with Gasteiger partial charge < -0.3 is 23.7 Å². The zero-order chi connectivity index (χ0) is 44.6. The summed E-state index contributed by atoms with van der Waals surface area (Å²) < 4.78 is 31.0. The number of allylic oxidation sites excluding steroid dienone is 4. The van der Waals surface area contributed by atoms with Crippen molar-refractivity contribution in [2.75, 3.05) is 28.4 Å². The molecule has 0 radical (unpaired) electrons. The number of Topliss-reactive ketones (excluding diaryl/α,β-unsaturated/α-hetero) is 4. The second kappa shape index (κ2) is 19.2. The van der Waals surface area contributed by atoms with Crippen molar-refractivity contribution in [3.8, 4) is 0 Å². The molecule has 2 atom stereocenters. The minimum Gasteiger partial charge on any atom is -0.355 e. The molecule has 0 aliphatic heterocycles. The van der Waals surface area contributed by atoms with Crippen LogP contribution in [0.15, 0.2) is 119 Å². The van der Waals surface area contributed by atoms with E-state index in [1.54, 1.807) is 12.1 Å². The number of methoxy groups -OCH3 is 4. The van der Waals surface area contributed by atoms with Crippen LogP contribution in [-0.2, 0) is 23.7 Å². The van der Waals surface area contributed by atoms with Crippen LogP contribution >= 0.6 is 92.8 Å². The molecular weight excluding hydrogens is 956 g/mol. The van der Waals surface area contributed by atoms with E-state index in [-0.39, 0.29) is 73.6 Å². The third kappa shape index (κ3) is 8.31. The number of ketones is 4. The van der Waals surface area contributed by atoms with Crippen molar-refractivity contribution in [3.63, 3.8) is 0 Å². The molecule has 9 nitrogen and oxygen atoms in total. The van der Waals surface area contributed by atoms with E-state index in [1.807, 2.05) is 0 Å². The van der Waals surface area contributed by atoms with Gasteiger partial charge in [-0.3, -0.25) is 19.2 Å². The fraction of sp³-hybridized carbons (Fsp3) is 0.182. The van der Waals surface area contributed by atoms with Crippen molar-refractivity contribution in [1.29, 1.82) is 0 Å². The molecule has 0 fully saturated rings. The van der Waals surface area contributed by atoms with E-state index in [4.69, 9.17) is 116 Å². The Morgan fingerprint density at radius 2 is 0.639 bits per heavy atom. The molecular formula is C44H30Cl8O9. The lowest BCUT2D eigenvalue weighted by molar-refractivity contribution is -0.280. The number of ether oxygens (including phenoxy) is 5. The lowest BCUT2D eigenvalue weighted by Gasteiger charge is -2.46. The van der Waals surface area contributed by atoms with E-state index in [9.17, 15) is 19.2 Å². The molecule has 4 aromatic carbocycles. The summed E-state index contributed by atoms with van der Waals surface area (Å²) >= 11 is 52.3. The Balaban J connectivity index is 1.58. The maximum Gasteiger partial charge on any atom is 0.230 e. The molecule has 0 N–H and O–H groups in total. The maximum absolute atomic E-state index is 14.9. The number of carbonyl (C=O) groups excluding carboxylic acids is 4. The fourth-order valence-electron chi connectivity index (χ4n) is 7.23. The van der Waals surface area contributed by atoms with Crippen LogP contribution in [0.3, 0.4) is 0 Å². The molecule has 316 valence electrons. The van der Waals surface area contributed by atoms with Crippen LogP contribution in [0.5, 0.6) is 0 Å². The van der Waals surface area contributed by atoms with Crippen molar-refractivity contribution >= 4 is 116 Å². The van der Waals surface area contributed by atoms with E-state index >= 15 is 0 Å². The van der Waals surface area contributed by atoms with Crippen molar-refractivity contribution in [2.24, 2.45) is 0 Å². The van der Waals surface area contributed by atoms with E-state index in [1.165, 1.54) is 113 Å². The Kier molecular flexibility index (Phi) is 14.8. The number of hydrogen-bond donors (Lipinski definition) is 0. The molecule has 2 aliphatic rings. The van der Waals surface area contributed by atoms with Gasteiger partial charge >= 0.3 is 0 Å². The highest BCUT2D eigenvalue weighted by atomic mass is 35.5. The van der Waals surface area contributed by atoms with Crippen molar-refractivity contribution in [3.05, 3.63) is 182 Å². The molecule has 4 aromatic rings. The molecule has 61 heavy (non-hydrogen) atoms. The topological polar surface area (TPSA) is 114 Å². The quantitative estimate of drug-likeness (QED) is 0.0900. The van der Waals surface area contributed by atoms with E-state index in [0.717, 1.165) is 0 Å². The van der Waals surface area contributed by atoms with E-state index in [2.05, 4.69) is 0 Å². The summed E-state index contributed by atoms with van der Waals surface area (Å²) in [6.07, 6.45) is 2.34. The second-order valence-corrected chi connectivity index (χ2v) is 16.4. The molecule has 0 aromatic heterocycles. The molecule has 0 heterocycles. The summed E-state index contributed by atoms with van der Waals surface area (Å²) in [6.45, 7) is 0. The lowest BCUT2D eigenvalue weighted by atomic mass is 9.80. The third-order valence-electron chi connectivity index (χ3n) is 10.1. The lowest BCUT2D eigenvalue weighted by Crippen LogP contribution is -2.58. The zero-order valence-corrected chi connectivity index (χ0v) is 38.1. The SMILES string of the molecule is COC1(OC)C(C(=O)c2c(Cl)cccc2Cl)=C(C(=O)c2c(Cl)cccc2Cl)C=CC1OC1C=CC(C(=O)c2c(Cl)cccc2Cl)=C(C(=O)c2c(Cl)cccc2Cl)C1(OC)OC. The largest absolute Gasteiger partial charge is 0.355 e. The molecule has 0 saturated carbocycles. The van der Waals surface area contributed by atoms with Crippen LogP contribution in [0.4, 0.5) is 0 Å². The first-order valence-corrected chi connectivity index (χ1v) is 20.7. The van der Waals surface area contributed by atoms with Gasteiger partial charge in [-0.25, -0.2) is 0 Å². The maximum atomic E-state index is 14.9. The highest BCUT2D eigenvalue weighted by Crippen LogP contribution is 2.46. The summed E-state index contributed by atoms with van der Waals surface area (Å²) in [6, 6.07) is 17.7. The highest BCUT2D eigenvalue weighted by Gasteiger charge is 2.57. The normalized spacial score (nSPS) is 18.1. The second-order valence-electron chi connectivity index (χ2n) is 13.1. The van der Waals surface area contributed by atoms with Gasteiger partial charge in [0, 0.05) is 39.6 Å². The smallest absolute Gasteiger partial charge is 0.230 e. The van der Waals surface area contributed by atoms with Gasteiger partial charge in [-0.15, -0.1) is 0 Å². The molecule has 2 unspecified atom stereocenters. The van der Waals surface area contributed by atoms with Gasteiger partial charge in [-0.1, -0.05) is 129 Å². The van der Waals surface area contributed by atoms with Gasteiger partial charge in [-0.2, -0.15) is 0 Å². The van der Waals surface area contributed by atoms with Crippen LogP contribution in [0.2, 0.25) is 40.2 Å². The summed E-state index contributed by atoms with van der Waals surface area (Å²) in [5.41, 5.74) is -2.01. The number of halogens is 8. The van der Waals surface area contributed by atoms with Gasteiger partial charge in [0.1, 0.15) is 12.2 Å². The van der Waals surface area contributed by atoms with E-state index in [0.29, 0.717) is 0 Å². The Labute approximate surface area is 390 Å². The molecule has 0 bridgehead atoms. The zero-order valence-electron chi connectivity index (χ0n) is 32.1. The minimum absolute atomic E-state index is 0.0110. The molecule has 0 amide bonds. The average Bonchev–Trinajstić information content (AvgIpc) is 3.22. The molecule has 2 aliphatic carbocycles. The summed E-state index contributed by atoms with van der Waals surface area (Å²) in [7, 11) is 4.83. The fourth-order valence-corrected chi connectivity index (χ4v) is 9.51. The van der Waals surface area contributed by atoms with Gasteiger partial charge in [0.2, 0.25) is 11.6 Å². The monoisotopic (exact) mass is 982 g/mol. The predicted molar refractivity (Wildman–Crippen MR) is 238 cm³/mol. The first-order valence-electron chi connectivity index (χ1n) is 17.7. The van der Waals surface area contributed by atoms with E-state index < -0.39 is 58.1 Å². The van der Waals surface area contributed by atoms with Crippen molar-refractivity contribution < 1.29 is 42.9 Å².